The van der Waals surface area contributed by atoms with E-state index in [0.29, 0.717) is 33.6 Å². The highest BCUT2D eigenvalue weighted by molar-refractivity contribution is 14.1. The van der Waals surface area contributed by atoms with Crippen molar-refractivity contribution in [3.05, 3.63) is 65.6 Å². The van der Waals surface area contributed by atoms with Gasteiger partial charge in [0.25, 0.3) is 5.91 Å². The summed E-state index contributed by atoms with van der Waals surface area (Å²) in [4.78, 5) is 27.5. The predicted octanol–water partition coefficient (Wildman–Crippen LogP) is 6.92. The Kier molecular flexibility index (Phi) is 7.34. The van der Waals surface area contributed by atoms with Crippen LogP contribution in [-0.4, -0.2) is 21.1 Å². The first kappa shape index (κ1) is 26.1. The molecule has 5 aliphatic rings. The molecule has 5 fully saturated rings. The molecule has 7 rings (SSSR count). The Morgan fingerprint density at radius 3 is 2.41 bits per heavy atom. The number of halogens is 2. The summed E-state index contributed by atoms with van der Waals surface area (Å²) in [5, 5.41) is 1.29. The molecule has 5 nitrogen and oxygen atoms in total. The van der Waals surface area contributed by atoms with E-state index in [4.69, 9.17) is 17.0 Å². The molecule has 1 N–H and O–H groups in total. The third-order valence-electron chi connectivity index (χ3n) is 8.08. The number of thiocarbonyl (C=S) groups is 1. The Labute approximate surface area is 253 Å². The zero-order valence-electron chi connectivity index (χ0n) is 20.0. The first-order chi connectivity index (χ1) is 17.8. The van der Waals surface area contributed by atoms with E-state index in [1.165, 1.54) is 36.0 Å². The summed E-state index contributed by atoms with van der Waals surface area (Å²) in [6, 6.07) is 14.1. The van der Waals surface area contributed by atoms with Crippen molar-refractivity contribution >= 4 is 91.4 Å². The molecule has 0 unspecified atom stereocenters. The minimum atomic E-state index is -0.341. The summed E-state index contributed by atoms with van der Waals surface area (Å²) < 4.78 is 8.60. The van der Waals surface area contributed by atoms with Crippen LogP contribution in [0.1, 0.15) is 49.7 Å². The fraction of sp³-hybridized carbons (Fsp3) is 0.393. The van der Waals surface area contributed by atoms with Crippen molar-refractivity contribution in [2.75, 3.05) is 0 Å². The van der Waals surface area contributed by atoms with Gasteiger partial charge in [0.15, 0.2) is 4.32 Å². The van der Waals surface area contributed by atoms with Gasteiger partial charge in [0.2, 0.25) is 5.91 Å². The number of rotatable bonds is 6. The number of benzene rings is 2. The number of hydrogen-bond acceptors (Lipinski definition) is 5. The van der Waals surface area contributed by atoms with Crippen LogP contribution in [0, 0.1) is 30.3 Å². The summed E-state index contributed by atoms with van der Waals surface area (Å²) in [5.41, 5.74) is 4.49. The van der Waals surface area contributed by atoms with E-state index in [1.54, 1.807) is 0 Å². The zero-order valence-corrected chi connectivity index (χ0v) is 26.0. The maximum Gasteiger partial charge on any atom is 0.285 e. The van der Waals surface area contributed by atoms with Gasteiger partial charge in [0.1, 0.15) is 12.4 Å². The molecule has 4 saturated carbocycles. The topological polar surface area (TPSA) is 58.6 Å². The van der Waals surface area contributed by atoms with Crippen LogP contribution in [0.2, 0.25) is 0 Å². The minimum absolute atomic E-state index is 0.0279. The fourth-order valence-electron chi connectivity index (χ4n) is 6.88. The van der Waals surface area contributed by atoms with Crippen LogP contribution >= 0.6 is 69.2 Å². The molecule has 4 bridgehead atoms. The second-order valence-corrected chi connectivity index (χ2v) is 14.8. The first-order valence-electron chi connectivity index (χ1n) is 12.5. The minimum Gasteiger partial charge on any atom is -0.487 e. The van der Waals surface area contributed by atoms with Gasteiger partial charge in [-0.2, -0.15) is 5.01 Å². The molecule has 1 heterocycles. The largest absolute Gasteiger partial charge is 0.487 e. The lowest BCUT2D eigenvalue weighted by Gasteiger charge is -2.55. The Morgan fingerprint density at radius 1 is 1.11 bits per heavy atom. The molecule has 37 heavy (non-hydrogen) atoms. The van der Waals surface area contributed by atoms with E-state index in [0.717, 1.165) is 43.3 Å². The molecule has 1 aliphatic heterocycles. The lowest BCUT2D eigenvalue weighted by molar-refractivity contribution is -0.152. The van der Waals surface area contributed by atoms with Gasteiger partial charge in [-0.25, -0.2) is 0 Å². The highest BCUT2D eigenvalue weighted by atomic mass is 127. The summed E-state index contributed by atoms with van der Waals surface area (Å²) in [6.07, 6.45) is 8.45. The lowest BCUT2D eigenvalue weighted by Crippen LogP contribution is -2.57. The zero-order chi connectivity index (χ0) is 25.7. The van der Waals surface area contributed by atoms with E-state index in [1.807, 2.05) is 42.5 Å². The molecule has 4 aliphatic carbocycles. The maximum atomic E-state index is 13.6. The molecule has 2 amide bonds. The number of hydrazine groups is 1. The van der Waals surface area contributed by atoms with Crippen molar-refractivity contribution in [1.29, 1.82) is 0 Å². The van der Waals surface area contributed by atoms with Crippen LogP contribution in [0.15, 0.2) is 47.4 Å². The molecule has 2 aromatic carbocycles. The molecule has 9 heteroatoms. The van der Waals surface area contributed by atoms with Gasteiger partial charge < -0.3 is 4.74 Å². The second-order valence-electron chi connectivity index (χ2n) is 10.7. The summed E-state index contributed by atoms with van der Waals surface area (Å²) in [7, 11) is 0. The normalized spacial score (nSPS) is 29.3. The van der Waals surface area contributed by atoms with E-state index in [9.17, 15) is 9.59 Å². The van der Waals surface area contributed by atoms with Gasteiger partial charge in [-0.05, 0) is 137 Å². The van der Waals surface area contributed by atoms with Gasteiger partial charge in [-0.15, -0.1) is 0 Å². The highest BCUT2D eigenvalue weighted by Crippen LogP contribution is 2.60. The van der Waals surface area contributed by atoms with Gasteiger partial charge in [-0.1, -0.05) is 42.1 Å². The molecule has 0 spiro atoms. The number of carbonyl (C=O) groups excluding carboxylic acids is 2. The fourth-order valence-corrected chi connectivity index (χ4v) is 10.1. The van der Waals surface area contributed by atoms with Crippen molar-refractivity contribution in [2.24, 2.45) is 23.2 Å². The third kappa shape index (κ3) is 5.21. The SMILES string of the molecule is O=C1/C(=C\c2cc(I)cc(I)c2OCc2ccccc2)SC(=S)N1NC(=O)C12CC3CC(CC(C3)C1)C2. The number of hydrogen-bond donors (Lipinski definition) is 1. The number of carbonyl (C=O) groups is 2. The number of thioether (sulfide) groups is 1. The van der Waals surface area contributed by atoms with Crippen molar-refractivity contribution in [3.63, 3.8) is 0 Å². The van der Waals surface area contributed by atoms with E-state index in [-0.39, 0.29) is 17.2 Å². The van der Waals surface area contributed by atoms with Crippen LogP contribution in [0.3, 0.4) is 0 Å². The summed E-state index contributed by atoms with van der Waals surface area (Å²) in [5.74, 6) is 2.38. The van der Waals surface area contributed by atoms with E-state index in [2.05, 4.69) is 56.7 Å². The third-order valence-corrected chi connectivity index (χ3v) is 10.8. The van der Waals surface area contributed by atoms with E-state index < -0.39 is 0 Å². The summed E-state index contributed by atoms with van der Waals surface area (Å²) in [6.45, 7) is 0.431. The average molecular weight is 756 g/mol. The smallest absolute Gasteiger partial charge is 0.285 e. The van der Waals surface area contributed by atoms with Gasteiger partial charge in [0.05, 0.1) is 13.9 Å². The first-order valence-corrected chi connectivity index (χ1v) is 15.9. The Bertz CT molecular complexity index is 1280. The molecular weight excluding hydrogens is 730 g/mol. The Balaban J connectivity index is 1.21. The van der Waals surface area contributed by atoms with Crippen molar-refractivity contribution < 1.29 is 14.3 Å². The highest BCUT2D eigenvalue weighted by Gasteiger charge is 2.55. The van der Waals surface area contributed by atoms with Crippen LogP contribution in [0.5, 0.6) is 5.75 Å². The Hall–Kier alpha value is -1.18. The number of nitrogens with one attached hydrogen (secondary N) is 1. The van der Waals surface area contributed by atoms with Gasteiger partial charge in [-0.3, -0.25) is 15.0 Å². The predicted molar refractivity (Wildman–Crippen MR) is 166 cm³/mol. The van der Waals surface area contributed by atoms with Crippen molar-refractivity contribution in [1.82, 2.24) is 10.4 Å². The molecule has 192 valence electrons. The van der Waals surface area contributed by atoms with Crippen LogP contribution in [0.4, 0.5) is 0 Å². The molecule has 0 aromatic heterocycles. The monoisotopic (exact) mass is 756 g/mol. The second kappa shape index (κ2) is 10.4. The number of amides is 2. The molecule has 2 aromatic rings. The quantitative estimate of drug-likeness (QED) is 0.197. The molecular formula is C28H26I2N2O3S2. The van der Waals surface area contributed by atoms with E-state index >= 15 is 0 Å². The molecule has 0 radical (unpaired) electrons. The standard InChI is InChI=1S/C28H26I2N2O3S2/c29-21-9-20(24(22(30)11-21)35-15-16-4-2-1-3-5-16)10-23-25(33)32(27(36)37-23)31-26(34)28-12-17-6-18(13-28)8-19(7-17)14-28/h1-5,9-11,17-19H,6-8,12-15H2,(H,31,34)/b23-10+. The number of ether oxygens (including phenoxy) is 1. The summed E-state index contributed by atoms with van der Waals surface area (Å²) >= 11 is 11.3. The average Bonchev–Trinajstić information content (AvgIpc) is 3.10. The van der Waals surface area contributed by atoms with Crippen LogP contribution in [-0.2, 0) is 16.2 Å². The molecule has 0 atom stereocenters. The van der Waals surface area contributed by atoms with Gasteiger partial charge >= 0.3 is 0 Å². The number of nitrogens with zero attached hydrogens (tertiary/aromatic N) is 1. The maximum absolute atomic E-state index is 13.6. The van der Waals surface area contributed by atoms with Crippen LogP contribution < -0.4 is 10.2 Å². The van der Waals surface area contributed by atoms with Crippen molar-refractivity contribution in [3.8, 4) is 5.75 Å². The Morgan fingerprint density at radius 2 is 1.76 bits per heavy atom. The van der Waals surface area contributed by atoms with Gasteiger partial charge in [0, 0.05) is 9.13 Å². The lowest BCUT2D eigenvalue weighted by atomic mass is 9.49. The van der Waals surface area contributed by atoms with Crippen molar-refractivity contribution in [2.45, 2.75) is 45.1 Å². The molecule has 1 saturated heterocycles. The van der Waals surface area contributed by atoms with Crippen LogP contribution in [0.25, 0.3) is 6.08 Å².